The minimum atomic E-state index is 0.523. The highest BCUT2D eigenvalue weighted by atomic mass is 15.2. The zero-order chi connectivity index (χ0) is 12.3. The highest BCUT2D eigenvalue weighted by Crippen LogP contribution is 2.28. The number of nitriles is 1. The molecule has 0 saturated carbocycles. The molecule has 1 aliphatic rings. The summed E-state index contributed by atoms with van der Waals surface area (Å²) < 4.78 is 0. The first-order valence-electron chi connectivity index (χ1n) is 6.18. The molecule has 3 heteroatoms. The van der Waals surface area contributed by atoms with Gasteiger partial charge in [0, 0.05) is 19.1 Å². The number of hydrogen-bond donors (Lipinski definition) is 1. The number of aryl methyl sites for hydroxylation is 1. The summed E-state index contributed by atoms with van der Waals surface area (Å²) in [6, 6.07) is 8.99. The van der Waals surface area contributed by atoms with Crippen molar-refractivity contribution < 1.29 is 0 Å². The van der Waals surface area contributed by atoms with Crippen molar-refractivity contribution in [2.24, 2.45) is 0 Å². The van der Waals surface area contributed by atoms with E-state index in [0.29, 0.717) is 6.04 Å². The van der Waals surface area contributed by atoms with Crippen LogP contribution in [0.15, 0.2) is 18.2 Å². The van der Waals surface area contributed by atoms with Crippen molar-refractivity contribution in [3.63, 3.8) is 0 Å². The van der Waals surface area contributed by atoms with Gasteiger partial charge in [-0.25, -0.2) is 0 Å². The van der Waals surface area contributed by atoms with Crippen LogP contribution in [0.4, 0.5) is 5.69 Å². The summed E-state index contributed by atoms with van der Waals surface area (Å²) in [5, 5.41) is 12.5. The number of benzene rings is 1. The second kappa shape index (κ2) is 5.20. The molecule has 0 aromatic heterocycles. The van der Waals surface area contributed by atoms with Crippen molar-refractivity contribution in [3.8, 4) is 6.07 Å². The second-order valence-corrected chi connectivity index (χ2v) is 4.68. The molecule has 1 unspecified atom stereocenters. The predicted octanol–water partition coefficient (Wildman–Crippen LogP) is 2.05. The first-order chi connectivity index (χ1) is 8.26. The fraction of sp³-hybridized carbons (Fsp3) is 0.500. The summed E-state index contributed by atoms with van der Waals surface area (Å²) in [5.41, 5.74) is 3.04. The van der Waals surface area contributed by atoms with E-state index in [4.69, 9.17) is 0 Å². The van der Waals surface area contributed by atoms with Crippen LogP contribution in [0.1, 0.15) is 24.0 Å². The maximum absolute atomic E-state index is 9.23. The van der Waals surface area contributed by atoms with Crippen molar-refractivity contribution in [2.75, 3.05) is 25.0 Å². The molecule has 1 heterocycles. The molecule has 2 rings (SSSR count). The molecule has 1 N–H and O–H groups in total. The van der Waals surface area contributed by atoms with Gasteiger partial charge < -0.3 is 10.2 Å². The van der Waals surface area contributed by atoms with E-state index in [1.165, 1.54) is 12.8 Å². The molecule has 0 aliphatic carbocycles. The van der Waals surface area contributed by atoms with Crippen LogP contribution < -0.4 is 10.2 Å². The molecule has 17 heavy (non-hydrogen) atoms. The molecule has 90 valence electrons. The van der Waals surface area contributed by atoms with Crippen LogP contribution in [0.2, 0.25) is 0 Å². The fourth-order valence-electron chi connectivity index (χ4n) is 2.59. The maximum Gasteiger partial charge on any atom is 0.101 e. The van der Waals surface area contributed by atoms with Gasteiger partial charge in [-0.15, -0.1) is 0 Å². The Kier molecular flexibility index (Phi) is 3.65. The van der Waals surface area contributed by atoms with Gasteiger partial charge in [0.1, 0.15) is 6.07 Å². The van der Waals surface area contributed by atoms with Gasteiger partial charge in [-0.05, 0) is 44.5 Å². The van der Waals surface area contributed by atoms with E-state index in [1.54, 1.807) is 0 Å². The van der Waals surface area contributed by atoms with E-state index in [9.17, 15) is 5.26 Å². The van der Waals surface area contributed by atoms with Crippen molar-refractivity contribution in [3.05, 3.63) is 29.3 Å². The van der Waals surface area contributed by atoms with E-state index in [-0.39, 0.29) is 0 Å². The van der Waals surface area contributed by atoms with E-state index >= 15 is 0 Å². The molecule has 1 aromatic carbocycles. The number of rotatable bonds is 3. The Morgan fingerprint density at radius 2 is 2.35 bits per heavy atom. The fourth-order valence-corrected chi connectivity index (χ4v) is 2.59. The van der Waals surface area contributed by atoms with Gasteiger partial charge in [0.2, 0.25) is 0 Å². The van der Waals surface area contributed by atoms with E-state index in [2.05, 4.69) is 28.4 Å². The van der Waals surface area contributed by atoms with Gasteiger partial charge in [-0.2, -0.15) is 5.26 Å². The van der Waals surface area contributed by atoms with Crippen LogP contribution in [0, 0.1) is 18.3 Å². The molecule has 0 amide bonds. The van der Waals surface area contributed by atoms with Crippen LogP contribution in [-0.2, 0) is 0 Å². The first kappa shape index (κ1) is 11.9. The van der Waals surface area contributed by atoms with Crippen molar-refractivity contribution in [2.45, 2.75) is 25.8 Å². The smallest absolute Gasteiger partial charge is 0.101 e. The topological polar surface area (TPSA) is 39.1 Å². The highest BCUT2D eigenvalue weighted by molar-refractivity contribution is 5.61. The molecular formula is C14H19N3. The van der Waals surface area contributed by atoms with Gasteiger partial charge in [0.15, 0.2) is 0 Å². The van der Waals surface area contributed by atoms with Crippen LogP contribution >= 0.6 is 0 Å². The quantitative estimate of drug-likeness (QED) is 0.862. The van der Waals surface area contributed by atoms with Gasteiger partial charge in [0.05, 0.1) is 11.3 Å². The van der Waals surface area contributed by atoms with Crippen molar-refractivity contribution in [1.29, 1.82) is 5.26 Å². The molecule has 1 atom stereocenters. The Hall–Kier alpha value is -1.53. The summed E-state index contributed by atoms with van der Waals surface area (Å²) in [7, 11) is 1.98. The summed E-state index contributed by atoms with van der Waals surface area (Å²) in [5.74, 6) is 0. The van der Waals surface area contributed by atoms with Gasteiger partial charge in [-0.1, -0.05) is 6.07 Å². The van der Waals surface area contributed by atoms with Gasteiger partial charge in [0.25, 0.3) is 0 Å². The molecular weight excluding hydrogens is 210 g/mol. The van der Waals surface area contributed by atoms with Crippen molar-refractivity contribution >= 4 is 5.69 Å². The van der Waals surface area contributed by atoms with Crippen LogP contribution in [0.3, 0.4) is 0 Å². The van der Waals surface area contributed by atoms with Crippen LogP contribution in [-0.4, -0.2) is 26.2 Å². The lowest BCUT2D eigenvalue weighted by atomic mass is 10.1. The Balaban J connectivity index is 2.30. The summed E-state index contributed by atoms with van der Waals surface area (Å²) in [6.45, 7) is 4.07. The average Bonchev–Trinajstić information content (AvgIpc) is 2.77. The standard InChI is InChI=1S/C14H19N3/c1-11-5-6-14(12(8-11)9-15)17-7-3-4-13(17)10-16-2/h5-6,8,13,16H,3-4,7,10H2,1-2H3. The van der Waals surface area contributed by atoms with Crippen LogP contribution in [0.5, 0.6) is 0 Å². The first-order valence-corrected chi connectivity index (χ1v) is 6.18. The zero-order valence-electron chi connectivity index (χ0n) is 10.5. The molecule has 1 fully saturated rings. The number of likely N-dealkylation sites (N-methyl/N-ethyl adjacent to an activating group) is 1. The summed E-state index contributed by atoms with van der Waals surface area (Å²) in [4.78, 5) is 2.37. The lowest BCUT2D eigenvalue weighted by molar-refractivity contribution is 0.615. The number of nitrogens with zero attached hydrogens (tertiary/aromatic N) is 2. The zero-order valence-corrected chi connectivity index (χ0v) is 10.5. The minimum absolute atomic E-state index is 0.523. The second-order valence-electron chi connectivity index (χ2n) is 4.68. The SMILES string of the molecule is CNCC1CCCN1c1ccc(C)cc1C#N. The Labute approximate surface area is 103 Å². The lowest BCUT2D eigenvalue weighted by Crippen LogP contribution is -2.37. The molecule has 1 aromatic rings. The monoisotopic (exact) mass is 229 g/mol. The maximum atomic E-state index is 9.23. The minimum Gasteiger partial charge on any atom is -0.366 e. The largest absolute Gasteiger partial charge is 0.366 e. The summed E-state index contributed by atoms with van der Waals surface area (Å²) in [6.07, 6.45) is 2.42. The molecule has 0 bridgehead atoms. The number of hydrogen-bond acceptors (Lipinski definition) is 3. The van der Waals surface area contributed by atoms with E-state index in [0.717, 1.165) is 29.9 Å². The highest BCUT2D eigenvalue weighted by Gasteiger charge is 2.25. The number of nitrogens with one attached hydrogen (secondary N) is 1. The van der Waals surface area contributed by atoms with Crippen molar-refractivity contribution in [1.82, 2.24) is 5.32 Å². The lowest BCUT2D eigenvalue weighted by Gasteiger charge is -2.27. The van der Waals surface area contributed by atoms with Gasteiger partial charge >= 0.3 is 0 Å². The Bertz CT molecular complexity index is 434. The third-order valence-corrected chi connectivity index (χ3v) is 3.40. The normalized spacial score (nSPS) is 19.4. The average molecular weight is 229 g/mol. The molecule has 0 radical (unpaired) electrons. The Morgan fingerprint density at radius 3 is 3.06 bits per heavy atom. The number of anilines is 1. The van der Waals surface area contributed by atoms with E-state index in [1.807, 2.05) is 20.0 Å². The molecule has 1 aliphatic heterocycles. The molecule has 0 spiro atoms. The third kappa shape index (κ3) is 2.42. The molecule has 3 nitrogen and oxygen atoms in total. The van der Waals surface area contributed by atoms with Crippen LogP contribution in [0.25, 0.3) is 0 Å². The Morgan fingerprint density at radius 1 is 1.53 bits per heavy atom. The summed E-state index contributed by atoms with van der Waals surface area (Å²) >= 11 is 0. The predicted molar refractivity (Wildman–Crippen MR) is 70.2 cm³/mol. The van der Waals surface area contributed by atoms with E-state index < -0.39 is 0 Å². The molecule has 1 saturated heterocycles. The third-order valence-electron chi connectivity index (χ3n) is 3.40. The van der Waals surface area contributed by atoms with Gasteiger partial charge in [-0.3, -0.25) is 0 Å².